The Hall–Kier alpha value is -4.81. The zero-order chi connectivity index (χ0) is 31.8. The molecule has 0 aliphatic heterocycles. The number of alkyl halides is 1. The number of carbonyl (C=O) groups excluding carboxylic acids is 2. The number of hydrogen-bond donors (Lipinski definition) is 2. The summed E-state index contributed by atoms with van der Waals surface area (Å²) in [5.74, 6) is 0.854. The lowest BCUT2D eigenvalue weighted by atomic mass is 9.91. The van der Waals surface area contributed by atoms with E-state index in [2.05, 4.69) is 10.3 Å². The van der Waals surface area contributed by atoms with Gasteiger partial charge in [0.15, 0.2) is 17.3 Å². The van der Waals surface area contributed by atoms with Crippen LogP contribution in [0.15, 0.2) is 54.6 Å². The van der Waals surface area contributed by atoms with Gasteiger partial charge in [0.1, 0.15) is 6.61 Å². The average Bonchev–Trinajstić information content (AvgIpc) is 3.79. The fourth-order valence-corrected chi connectivity index (χ4v) is 7.09. The predicted molar refractivity (Wildman–Crippen MR) is 172 cm³/mol. The number of nitrogens with zero attached hydrogens (tertiary/aromatic N) is 1. The van der Waals surface area contributed by atoms with Gasteiger partial charge in [-0.15, -0.1) is 11.6 Å². The largest absolute Gasteiger partial charge is 0.493 e. The Morgan fingerprint density at radius 1 is 1.04 bits per heavy atom. The highest BCUT2D eigenvalue weighted by molar-refractivity contribution is 7.15. The molecule has 0 bridgehead atoms. The van der Waals surface area contributed by atoms with Crippen LogP contribution in [0.25, 0.3) is 21.7 Å². The van der Waals surface area contributed by atoms with E-state index in [4.69, 9.17) is 30.5 Å². The predicted octanol–water partition coefficient (Wildman–Crippen LogP) is 7.76. The molecule has 1 aliphatic rings. The van der Waals surface area contributed by atoms with Crippen molar-refractivity contribution in [3.63, 3.8) is 0 Å². The van der Waals surface area contributed by atoms with Crippen LogP contribution in [0.2, 0.25) is 0 Å². The zero-order valence-corrected chi connectivity index (χ0v) is 26.0. The van der Waals surface area contributed by atoms with Crippen molar-refractivity contribution in [2.24, 2.45) is 0 Å². The summed E-state index contributed by atoms with van der Waals surface area (Å²) in [5, 5.41) is 16.2. The van der Waals surface area contributed by atoms with Crippen molar-refractivity contribution in [2.45, 2.75) is 24.9 Å². The number of aromatic nitrogens is 1. The van der Waals surface area contributed by atoms with Crippen molar-refractivity contribution >= 4 is 67.2 Å². The van der Waals surface area contributed by atoms with Gasteiger partial charge in [-0.3, -0.25) is 20.2 Å². The number of H-pyrrole nitrogens is 1. The number of rotatable bonds is 10. The number of ketones is 1. The van der Waals surface area contributed by atoms with E-state index in [0.717, 1.165) is 38.6 Å². The summed E-state index contributed by atoms with van der Waals surface area (Å²) in [4.78, 5) is 41.4. The van der Waals surface area contributed by atoms with Gasteiger partial charge >= 0.3 is 11.1 Å². The molecule has 6 rings (SSSR count). The van der Waals surface area contributed by atoms with Crippen LogP contribution in [0.1, 0.15) is 44.7 Å². The summed E-state index contributed by atoms with van der Waals surface area (Å²) in [6.07, 6.45) is -0.234. The standard InChI is InChI=1S/C32H28ClN3O8S/c1-41-25-12-16-11-24(34-28(16)31(43-3)30(25)42-2)29(37)22-10-17(14-33)27-20-7-5-4-6-19(20)23(13-21(22)27)35-32(38)44-15-18-8-9-26(45-18)36(39)40/h4-9,11-13,17,22,34H,10,14-15H2,1-3H3,(H,35,38). The molecule has 2 heterocycles. The summed E-state index contributed by atoms with van der Waals surface area (Å²) < 4.78 is 22.0. The Balaban J connectivity index is 1.35. The quantitative estimate of drug-likeness (QED) is 0.0676. The Kier molecular flexibility index (Phi) is 8.26. The molecule has 1 aliphatic carbocycles. The van der Waals surface area contributed by atoms with E-state index in [1.165, 1.54) is 27.4 Å². The molecule has 2 atom stereocenters. The molecule has 0 saturated carbocycles. The van der Waals surface area contributed by atoms with Crippen LogP contribution in [-0.4, -0.2) is 49.0 Å². The molecule has 232 valence electrons. The van der Waals surface area contributed by atoms with Gasteiger partial charge in [-0.05, 0) is 53.1 Å². The van der Waals surface area contributed by atoms with E-state index in [1.807, 2.05) is 30.3 Å². The molecule has 11 nitrogen and oxygen atoms in total. The minimum absolute atomic E-state index is 0.0325. The third-order valence-electron chi connectivity index (χ3n) is 8.02. The molecule has 0 spiro atoms. The van der Waals surface area contributed by atoms with Crippen molar-refractivity contribution in [1.82, 2.24) is 4.98 Å². The minimum atomic E-state index is -0.725. The number of benzene rings is 3. The second-order valence-corrected chi connectivity index (χ2v) is 11.9. The third kappa shape index (κ3) is 5.40. The summed E-state index contributed by atoms with van der Waals surface area (Å²) >= 11 is 7.41. The number of anilines is 1. The second kappa shape index (κ2) is 12.3. The molecule has 2 unspecified atom stereocenters. The van der Waals surface area contributed by atoms with Gasteiger partial charge in [-0.25, -0.2) is 4.79 Å². The van der Waals surface area contributed by atoms with Crippen LogP contribution < -0.4 is 19.5 Å². The maximum atomic E-state index is 14.2. The summed E-state index contributed by atoms with van der Waals surface area (Å²) in [5.41, 5.74) is 3.21. The number of methoxy groups -OCH3 is 3. The number of nitrogens with one attached hydrogen (secondary N) is 2. The van der Waals surface area contributed by atoms with Crippen LogP contribution in [-0.2, 0) is 11.3 Å². The summed E-state index contributed by atoms with van der Waals surface area (Å²) in [7, 11) is 4.57. The number of nitro groups is 1. The molecule has 2 N–H and O–H groups in total. The molecule has 0 fully saturated rings. The van der Waals surface area contributed by atoms with Crippen molar-refractivity contribution in [3.8, 4) is 17.2 Å². The highest BCUT2D eigenvalue weighted by Gasteiger charge is 2.38. The van der Waals surface area contributed by atoms with E-state index in [9.17, 15) is 19.7 Å². The fourth-order valence-electron chi connectivity index (χ4n) is 6.07. The Labute approximate surface area is 266 Å². The van der Waals surface area contributed by atoms with Gasteiger partial charge in [-0.1, -0.05) is 35.6 Å². The lowest BCUT2D eigenvalue weighted by Crippen LogP contribution is -2.15. The maximum absolute atomic E-state index is 14.2. The number of hydrogen-bond acceptors (Lipinski definition) is 9. The van der Waals surface area contributed by atoms with Crippen LogP contribution in [0, 0.1) is 10.1 Å². The number of fused-ring (bicyclic) bond motifs is 4. The van der Waals surface area contributed by atoms with E-state index in [0.29, 0.717) is 51.3 Å². The number of halogens is 1. The smallest absolute Gasteiger partial charge is 0.412 e. The Morgan fingerprint density at radius 3 is 2.47 bits per heavy atom. The first-order chi connectivity index (χ1) is 21.8. The molecule has 2 aromatic heterocycles. The lowest BCUT2D eigenvalue weighted by molar-refractivity contribution is -0.380. The topological polar surface area (TPSA) is 142 Å². The Bertz CT molecular complexity index is 1970. The van der Waals surface area contributed by atoms with E-state index in [-0.39, 0.29) is 23.3 Å². The molecule has 0 saturated heterocycles. The van der Waals surface area contributed by atoms with E-state index >= 15 is 0 Å². The van der Waals surface area contributed by atoms with Crippen molar-refractivity contribution in [2.75, 3.05) is 32.5 Å². The van der Waals surface area contributed by atoms with Gasteiger partial charge in [0, 0.05) is 33.5 Å². The van der Waals surface area contributed by atoms with E-state index < -0.39 is 16.9 Å². The first-order valence-electron chi connectivity index (χ1n) is 13.9. The van der Waals surface area contributed by atoms with Gasteiger partial charge < -0.3 is 23.9 Å². The second-order valence-electron chi connectivity index (χ2n) is 10.5. The first kappa shape index (κ1) is 30.2. The summed E-state index contributed by atoms with van der Waals surface area (Å²) in [6.45, 7) is -0.123. The van der Waals surface area contributed by atoms with Gasteiger partial charge in [-0.2, -0.15) is 0 Å². The normalized spacial score (nSPS) is 15.6. The Morgan fingerprint density at radius 2 is 1.80 bits per heavy atom. The highest BCUT2D eigenvalue weighted by atomic mass is 35.5. The number of carbonyl (C=O) groups is 2. The maximum Gasteiger partial charge on any atom is 0.412 e. The first-order valence-corrected chi connectivity index (χ1v) is 15.3. The fraction of sp³-hybridized carbons (Fsp3) is 0.250. The SMILES string of the molecule is COc1cc2cc(C(=O)C3CC(CCl)c4c3cc(NC(=O)OCc3ccc([N+](=O)[O-])s3)c3ccccc43)[nH]c2c(OC)c1OC. The minimum Gasteiger partial charge on any atom is -0.493 e. The molecule has 1 amide bonds. The number of Topliss-reactive ketones (excluding diaryl/α,β-unsaturated/α-hetero) is 1. The van der Waals surface area contributed by atoms with Gasteiger partial charge in [0.2, 0.25) is 5.75 Å². The van der Waals surface area contributed by atoms with Crippen LogP contribution >= 0.6 is 22.9 Å². The highest BCUT2D eigenvalue weighted by Crippen LogP contribution is 2.50. The van der Waals surface area contributed by atoms with Gasteiger partial charge in [0.05, 0.1) is 43.2 Å². The van der Waals surface area contributed by atoms with Crippen molar-refractivity contribution in [1.29, 1.82) is 0 Å². The van der Waals surface area contributed by atoms with E-state index in [1.54, 1.807) is 18.2 Å². The molecular weight excluding hydrogens is 622 g/mol. The number of ether oxygens (including phenoxy) is 4. The molecule has 5 aromatic rings. The lowest BCUT2D eigenvalue weighted by Gasteiger charge is -2.16. The molecule has 3 aromatic carbocycles. The molecular formula is C32H28ClN3O8S. The molecule has 0 radical (unpaired) electrons. The van der Waals surface area contributed by atoms with Crippen LogP contribution in [0.3, 0.4) is 0 Å². The van der Waals surface area contributed by atoms with Crippen molar-refractivity contribution in [3.05, 3.63) is 86.4 Å². The van der Waals surface area contributed by atoms with Crippen LogP contribution in [0.5, 0.6) is 17.2 Å². The third-order valence-corrected chi connectivity index (χ3v) is 9.40. The van der Waals surface area contributed by atoms with Crippen molar-refractivity contribution < 1.29 is 33.5 Å². The average molecular weight is 650 g/mol. The number of aromatic amines is 1. The number of amides is 1. The number of thiophene rings is 1. The van der Waals surface area contributed by atoms with Crippen LogP contribution in [0.4, 0.5) is 15.5 Å². The summed E-state index contributed by atoms with van der Waals surface area (Å²) in [6, 6.07) is 15.9. The zero-order valence-electron chi connectivity index (χ0n) is 24.5. The molecule has 45 heavy (non-hydrogen) atoms. The monoisotopic (exact) mass is 649 g/mol. The molecule has 13 heteroatoms. The van der Waals surface area contributed by atoms with Gasteiger partial charge in [0.25, 0.3) is 0 Å².